The summed E-state index contributed by atoms with van der Waals surface area (Å²) < 4.78 is 0. The van der Waals surface area contributed by atoms with E-state index in [9.17, 15) is 0 Å². The molecule has 0 aromatic carbocycles. The number of nitrogens with one attached hydrogen (secondary N) is 1. The number of nitrogens with zero attached hydrogens (tertiary/aromatic N) is 1. The van der Waals surface area contributed by atoms with Crippen molar-refractivity contribution in [3.63, 3.8) is 0 Å². The Morgan fingerprint density at radius 3 is 3.08 bits per heavy atom. The Bertz CT molecular complexity index is 268. The second-order valence-corrected chi connectivity index (χ2v) is 3.20. The zero-order valence-electron chi connectivity index (χ0n) is 6.96. The molecule has 0 bridgehead atoms. The number of nitrogens with two attached hydrogens (primary N) is 1. The number of anilines is 1. The van der Waals surface area contributed by atoms with Gasteiger partial charge in [0.2, 0.25) is 0 Å². The molecule has 0 saturated heterocycles. The van der Waals surface area contributed by atoms with Gasteiger partial charge in [0.05, 0.1) is 0 Å². The van der Waals surface area contributed by atoms with Gasteiger partial charge in [0.25, 0.3) is 0 Å². The molecule has 1 heterocycles. The normalized spacial score (nSPS) is 16.3. The summed E-state index contributed by atoms with van der Waals surface area (Å²) in [5, 5.41) is 3.39. The molecule has 1 aliphatic rings. The van der Waals surface area contributed by atoms with Crippen LogP contribution < -0.4 is 11.1 Å². The van der Waals surface area contributed by atoms with Crippen molar-refractivity contribution in [2.24, 2.45) is 0 Å². The van der Waals surface area contributed by atoms with E-state index in [1.807, 2.05) is 12.1 Å². The Hall–Kier alpha value is -1.09. The van der Waals surface area contributed by atoms with Gasteiger partial charge in [-0.25, -0.2) is 4.98 Å². The summed E-state index contributed by atoms with van der Waals surface area (Å²) in [7, 11) is 0. The van der Waals surface area contributed by atoms with Crippen molar-refractivity contribution in [3.8, 4) is 0 Å². The number of aromatic nitrogens is 1. The molecule has 64 valence electrons. The van der Waals surface area contributed by atoms with Gasteiger partial charge in [0.15, 0.2) is 0 Å². The van der Waals surface area contributed by atoms with Gasteiger partial charge in [-0.1, -0.05) is 6.07 Å². The van der Waals surface area contributed by atoms with E-state index in [1.54, 1.807) is 6.20 Å². The standard InChI is InChI=1S/C9H13N3/c10-9-7(2-1-5-11-9)6-12-8-3-4-8/h1-2,5,8,12H,3-4,6H2,(H2,10,11). The highest BCUT2D eigenvalue weighted by molar-refractivity contribution is 5.38. The number of pyridine rings is 1. The van der Waals surface area contributed by atoms with E-state index in [4.69, 9.17) is 5.73 Å². The third-order valence-corrected chi connectivity index (χ3v) is 2.08. The van der Waals surface area contributed by atoms with Gasteiger partial charge in [-0.3, -0.25) is 0 Å². The van der Waals surface area contributed by atoms with E-state index < -0.39 is 0 Å². The lowest BCUT2D eigenvalue weighted by atomic mass is 10.2. The quantitative estimate of drug-likeness (QED) is 0.696. The van der Waals surface area contributed by atoms with Crippen LogP contribution in [0.4, 0.5) is 5.82 Å². The maximum Gasteiger partial charge on any atom is 0.127 e. The predicted octanol–water partition coefficient (Wildman–Crippen LogP) is 0.916. The van der Waals surface area contributed by atoms with Gasteiger partial charge in [0, 0.05) is 24.3 Å². The lowest BCUT2D eigenvalue weighted by Gasteiger charge is -2.04. The Balaban J connectivity index is 1.96. The first kappa shape index (κ1) is 7.55. The molecule has 0 amide bonds. The Labute approximate surface area is 72.0 Å². The van der Waals surface area contributed by atoms with Crippen molar-refractivity contribution >= 4 is 5.82 Å². The lowest BCUT2D eigenvalue weighted by molar-refractivity contribution is 0.687. The van der Waals surface area contributed by atoms with Crippen molar-refractivity contribution in [2.75, 3.05) is 5.73 Å². The van der Waals surface area contributed by atoms with E-state index in [2.05, 4.69) is 10.3 Å². The van der Waals surface area contributed by atoms with Crippen molar-refractivity contribution in [2.45, 2.75) is 25.4 Å². The van der Waals surface area contributed by atoms with Crippen molar-refractivity contribution in [3.05, 3.63) is 23.9 Å². The van der Waals surface area contributed by atoms with Gasteiger partial charge < -0.3 is 11.1 Å². The van der Waals surface area contributed by atoms with Gasteiger partial charge in [-0.15, -0.1) is 0 Å². The maximum atomic E-state index is 5.68. The van der Waals surface area contributed by atoms with Crippen LogP contribution >= 0.6 is 0 Å². The minimum absolute atomic E-state index is 0.644. The molecule has 0 unspecified atom stereocenters. The zero-order valence-corrected chi connectivity index (χ0v) is 6.96. The Morgan fingerprint density at radius 2 is 2.42 bits per heavy atom. The van der Waals surface area contributed by atoms with Gasteiger partial charge in [-0.05, 0) is 18.9 Å². The second-order valence-electron chi connectivity index (χ2n) is 3.20. The zero-order chi connectivity index (χ0) is 8.39. The van der Waals surface area contributed by atoms with Crippen LogP contribution in [0.5, 0.6) is 0 Å². The molecular weight excluding hydrogens is 150 g/mol. The first-order valence-corrected chi connectivity index (χ1v) is 4.29. The van der Waals surface area contributed by atoms with Crippen LogP contribution in [-0.2, 0) is 6.54 Å². The molecule has 0 atom stereocenters. The van der Waals surface area contributed by atoms with E-state index in [-0.39, 0.29) is 0 Å². The fourth-order valence-corrected chi connectivity index (χ4v) is 1.14. The number of nitrogen functional groups attached to an aromatic ring is 1. The summed E-state index contributed by atoms with van der Waals surface area (Å²) in [4.78, 5) is 4.02. The van der Waals surface area contributed by atoms with Crippen LogP contribution in [0, 0.1) is 0 Å². The molecule has 1 aromatic rings. The van der Waals surface area contributed by atoms with Gasteiger partial charge in [0.1, 0.15) is 5.82 Å². The molecule has 3 N–H and O–H groups in total. The van der Waals surface area contributed by atoms with Crippen LogP contribution in [0.1, 0.15) is 18.4 Å². The number of rotatable bonds is 3. The van der Waals surface area contributed by atoms with Crippen molar-refractivity contribution in [1.29, 1.82) is 0 Å². The third-order valence-electron chi connectivity index (χ3n) is 2.08. The first-order valence-electron chi connectivity index (χ1n) is 4.29. The summed E-state index contributed by atoms with van der Waals surface area (Å²) in [5.41, 5.74) is 6.78. The Morgan fingerprint density at radius 1 is 1.58 bits per heavy atom. The smallest absolute Gasteiger partial charge is 0.127 e. The van der Waals surface area contributed by atoms with Crippen molar-refractivity contribution in [1.82, 2.24) is 10.3 Å². The predicted molar refractivity (Wildman–Crippen MR) is 48.5 cm³/mol. The largest absolute Gasteiger partial charge is 0.383 e. The second kappa shape index (κ2) is 3.11. The topological polar surface area (TPSA) is 50.9 Å². The minimum Gasteiger partial charge on any atom is -0.383 e. The summed E-state index contributed by atoms with van der Waals surface area (Å²) in [6.45, 7) is 0.852. The highest BCUT2D eigenvalue weighted by Crippen LogP contribution is 2.19. The molecule has 1 saturated carbocycles. The minimum atomic E-state index is 0.644. The molecule has 0 aliphatic heterocycles. The van der Waals surface area contributed by atoms with Crippen molar-refractivity contribution < 1.29 is 0 Å². The van der Waals surface area contributed by atoms with E-state index in [0.29, 0.717) is 5.82 Å². The van der Waals surface area contributed by atoms with Crippen LogP contribution in [0.25, 0.3) is 0 Å². The average molecular weight is 163 g/mol. The van der Waals surface area contributed by atoms with E-state index in [0.717, 1.165) is 18.2 Å². The molecule has 12 heavy (non-hydrogen) atoms. The molecule has 3 heteroatoms. The Kier molecular flexibility index (Phi) is 1.96. The molecule has 3 nitrogen and oxygen atoms in total. The molecular formula is C9H13N3. The maximum absolute atomic E-state index is 5.68. The van der Waals surface area contributed by atoms with Crippen LogP contribution in [0.3, 0.4) is 0 Å². The molecule has 0 spiro atoms. The highest BCUT2D eigenvalue weighted by atomic mass is 15.0. The average Bonchev–Trinajstić information content (AvgIpc) is 2.86. The monoisotopic (exact) mass is 163 g/mol. The third kappa shape index (κ3) is 1.74. The molecule has 1 aromatic heterocycles. The summed E-state index contributed by atoms with van der Waals surface area (Å²) in [6, 6.07) is 4.66. The molecule has 0 radical (unpaired) electrons. The number of hydrogen-bond acceptors (Lipinski definition) is 3. The molecule has 2 rings (SSSR count). The highest BCUT2D eigenvalue weighted by Gasteiger charge is 2.20. The fraction of sp³-hybridized carbons (Fsp3) is 0.444. The number of hydrogen-bond donors (Lipinski definition) is 2. The van der Waals surface area contributed by atoms with E-state index >= 15 is 0 Å². The van der Waals surface area contributed by atoms with Crippen LogP contribution in [-0.4, -0.2) is 11.0 Å². The summed E-state index contributed by atoms with van der Waals surface area (Å²) in [5.74, 6) is 0.644. The summed E-state index contributed by atoms with van der Waals surface area (Å²) >= 11 is 0. The SMILES string of the molecule is Nc1ncccc1CNC1CC1. The first-order chi connectivity index (χ1) is 5.86. The fourth-order valence-electron chi connectivity index (χ4n) is 1.14. The summed E-state index contributed by atoms with van der Waals surface area (Å²) in [6.07, 6.45) is 4.33. The van der Waals surface area contributed by atoms with Crippen LogP contribution in [0.2, 0.25) is 0 Å². The van der Waals surface area contributed by atoms with Gasteiger partial charge in [-0.2, -0.15) is 0 Å². The van der Waals surface area contributed by atoms with Gasteiger partial charge >= 0.3 is 0 Å². The molecule has 1 fully saturated rings. The van der Waals surface area contributed by atoms with E-state index in [1.165, 1.54) is 12.8 Å². The van der Waals surface area contributed by atoms with Crippen LogP contribution in [0.15, 0.2) is 18.3 Å². The lowest BCUT2D eigenvalue weighted by Crippen LogP contribution is -2.16. The molecule has 1 aliphatic carbocycles.